The zero-order valence-electron chi connectivity index (χ0n) is 11.1. The second-order valence-corrected chi connectivity index (χ2v) is 5.09. The number of β-amino-alcohol motifs (C(OH)–C–C–N with tert-alkyl or cyclic N) is 1. The molecule has 1 saturated heterocycles. The smallest absolute Gasteiger partial charge is 0.326 e. The Morgan fingerprint density at radius 3 is 2.39 bits per heavy atom. The van der Waals surface area contributed by atoms with Crippen molar-refractivity contribution >= 4 is 12.0 Å². The number of carboxylic acid groups (broad SMARTS) is 1. The van der Waals surface area contributed by atoms with Crippen molar-refractivity contribution in [2.24, 2.45) is 0 Å². The molecule has 0 aromatic rings. The highest BCUT2D eigenvalue weighted by atomic mass is 16.4. The molecule has 0 radical (unpaired) electrons. The van der Waals surface area contributed by atoms with E-state index in [-0.39, 0.29) is 18.5 Å². The summed E-state index contributed by atoms with van der Waals surface area (Å²) < 4.78 is 0. The van der Waals surface area contributed by atoms with Crippen molar-refractivity contribution in [3.63, 3.8) is 0 Å². The van der Waals surface area contributed by atoms with E-state index < -0.39 is 24.1 Å². The highest BCUT2D eigenvalue weighted by molar-refractivity contribution is 5.83. The molecule has 0 aromatic carbocycles. The van der Waals surface area contributed by atoms with Gasteiger partial charge in [-0.05, 0) is 19.8 Å². The summed E-state index contributed by atoms with van der Waals surface area (Å²) in [6.07, 6.45) is 0.871. The molecule has 3 N–H and O–H groups in total. The molecule has 1 rings (SSSR count). The topological polar surface area (TPSA) is 89.9 Å². The van der Waals surface area contributed by atoms with Gasteiger partial charge in [0.2, 0.25) is 0 Å². The lowest BCUT2D eigenvalue weighted by Crippen LogP contribution is -2.53. The van der Waals surface area contributed by atoms with Crippen LogP contribution in [0.5, 0.6) is 0 Å². The molecule has 2 amide bonds. The van der Waals surface area contributed by atoms with E-state index >= 15 is 0 Å². The number of carbonyl (C=O) groups excluding carboxylic acids is 1. The van der Waals surface area contributed by atoms with Gasteiger partial charge in [-0.3, -0.25) is 0 Å². The first-order valence-electron chi connectivity index (χ1n) is 6.32. The predicted octanol–water partition coefficient (Wildman–Crippen LogP) is 0.794. The number of rotatable bonds is 4. The Kier molecular flexibility index (Phi) is 4.56. The van der Waals surface area contributed by atoms with Gasteiger partial charge in [-0.2, -0.15) is 0 Å². The highest BCUT2D eigenvalue weighted by Crippen LogP contribution is 2.20. The maximum absolute atomic E-state index is 12.1. The van der Waals surface area contributed by atoms with Gasteiger partial charge in [0.25, 0.3) is 0 Å². The van der Waals surface area contributed by atoms with Gasteiger partial charge in [0.05, 0.1) is 6.10 Å². The normalized spacial score (nSPS) is 24.1. The van der Waals surface area contributed by atoms with Gasteiger partial charge in [-0.25, -0.2) is 9.59 Å². The Labute approximate surface area is 107 Å². The van der Waals surface area contributed by atoms with Gasteiger partial charge >= 0.3 is 12.0 Å². The van der Waals surface area contributed by atoms with Crippen molar-refractivity contribution in [3.8, 4) is 0 Å². The second kappa shape index (κ2) is 5.56. The van der Waals surface area contributed by atoms with Crippen LogP contribution < -0.4 is 5.32 Å². The fraction of sp³-hybridized carbons (Fsp3) is 0.833. The summed E-state index contributed by atoms with van der Waals surface area (Å²) in [5.74, 6) is -1.07. The largest absolute Gasteiger partial charge is 0.480 e. The molecule has 0 bridgehead atoms. The third-order valence-electron chi connectivity index (χ3n) is 3.79. The van der Waals surface area contributed by atoms with Gasteiger partial charge in [-0.15, -0.1) is 0 Å². The van der Waals surface area contributed by atoms with Crippen molar-refractivity contribution in [2.75, 3.05) is 6.54 Å². The molecule has 1 aliphatic rings. The monoisotopic (exact) mass is 258 g/mol. The number of amides is 2. The van der Waals surface area contributed by atoms with Crippen LogP contribution in [0, 0.1) is 0 Å². The van der Waals surface area contributed by atoms with Crippen LogP contribution in [-0.4, -0.2) is 51.3 Å². The van der Waals surface area contributed by atoms with Crippen LogP contribution >= 0.6 is 0 Å². The lowest BCUT2D eigenvalue weighted by molar-refractivity contribution is -0.141. The maximum Gasteiger partial charge on any atom is 0.326 e. The molecule has 0 aromatic heterocycles. The fourth-order valence-corrected chi connectivity index (χ4v) is 2.03. The lowest BCUT2D eigenvalue weighted by Gasteiger charge is -2.32. The lowest BCUT2D eigenvalue weighted by atomic mass is 9.96. The molecule has 0 aliphatic carbocycles. The molecule has 1 aliphatic heterocycles. The van der Waals surface area contributed by atoms with E-state index in [9.17, 15) is 14.7 Å². The molecule has 104 valence electrons. The molecule has 6 heteroatoms. The summed E-state index contributed by atoms with van der Waals surface area (Å²) in [5, 5.41) is 21.4. The Hall–Kier alpha value is -1.30. The van der Waals surface area contributed by atoms with E-state index in [1.807, 2.05) is 20.8 Å². The first-order valence-corrected chi connectivity index (χ1v) is 6.32. The zero-order chi connectivity index (χ0) is 13.9. The quantitative estimate of drug-likeness (QED) is 0.695. The zero-order valence-corrected chi connectivity index (χ0v) is 11.1. The summed E-state index contributed by atoms with van der Waals surface area (Å²) >= 11 is 0. The molecule has 2 atom stereocenters. The van der Waals surface area contributed by atoms with E-state index in [1.54, 1.807) is 0 Å². The average Bonchev–Trinajstić information content (AvgIpc) is 2.71. The second-order valence-electron chi connectivity index (χ2n) is 5.09. The van der Waals surface area contributed by atoms with Gasteiger partial charge in [0, 0.05) is 18.5 Å². The predicted molar refractivity (Wildman–Crippen MR) is 66.3 cm³/mol. The van der Waals surface area contributed by atoms with E-state index in [0.29, 0.717) is 0 Å². The molecule has 6 nitrogen and oxygen atoms in total. The fourth-order valence-electron chi connectivity index (χ4n) is 2.03. The standard InChI is InChI=1S/C12H22N2O4/c1-4-12(3,5-2)13-11(18)14-7-8(15)6-9(14)10(16)17/h8-9,15H,4-7H2,1-3H3,(H,13,18)(H,16,17)/t8-,9+/m1/s1. The number of hydrogen-bond acceptors (Lipinski definition) is 3. The van der Waals surface area contributed by atoms with Crippen molar-refractivity contribution in [2.45, 2.75) is 57.7 Å². The number of aliphatic hydroxyl groups is 1. The summed E-state index contributed by atoms with van der Waals surface area (Å²) in [7, 11) is 0. The molecule has 1 heterocycles. The molecule has 0 unspecified atom stereocenters. The van der Waals surface area contributed by atoms with Crippen LogP contribution in [0.15, 0.2) is 0 Å². The van der Waals surface area contributed by atoms with Crippen molar-refractivity contribution in [3.05, 3.63) is 0 Å². The van der Waals surface area contributed by atoms with E-state index in [2.05, 4.69) is 5.32 Å². The SMILES string of the molecule is CCC(C)(CC)NC(=O)N1C[C@H](O)C[C@H]1C(=O)O. The van der Waals surface area contributed by atoms with Crippen LogP contribution in [0.4, 0.5) is 4.79 Å². The number of hydrogen-bond donors (Lipinski definition) is 3. The Bertz CT molecular complexity index is 328. The number of urea groups is 1. The summed E-state index contributed by atoms with van der Waals surface area (Å²) in [5.41, 5.74) is -0.340. The highest BCUT2D eigenvalue weighted by Gasteiger charge is 2.40. The molecule has 0 spiro atoms. The maximum atomic E-state index is 12.1. The first kappa shape index (κ1) is 14.8. The summed E-state index contributed by atoms with van der Waals surface area (Å²) in [6, 6.07) is -1.34. The summed E-state index contributed by atoms with van der Waals surface area (Å²) in [6.45, 7) is 5.94. The molecule has 0 saturated carbocycles. The Balaban J connectivity index is 2.74. The Morgan fingerprint density at radius 1 is 1.39 bits per heavy atom. The van der Waals surface area contributed by atoms with Crippen LogP contribution in [0.3, 0.4) is 0 Å². The van der Waals surface area contributed by atoms with Crippen molar-refractivity contribution in [1.29, 1.82) is 0 Å². The number of nitrogens with zero attached hydrogens (tertiary/aromatic N) is 1. The van der Waals surface area contributed by atoms with E-state index in [1.165, 1.54) is 4.90 Å². The van der Waals surface area contributed by atoms with E-state index in [0.717, 1.165) is 12.8 Å². The van der Waals surface area contributed by atoms with Gasteiger partial charge in [0.15, 0.2) is 0 Å². The van der Waals surface area contributed by atoms with E-state index in [4.69, 9.17) is 5.11 Å². The Morgan fingerprint density at radius 2 is 1.94 bits per heavy atom. The average molecular weight is 258 g/mol. The third-order valence-corrected chi connectivity index (χ3v) is 3.79. The van der Waals surface area contributed by atoms with Crippen LogP contribution in [0.25, 0.3) is 0 Å². The first-order chi connectivity index (χ1) is 8.33. The van der Waals surface area contributed by atoms with Crippen LogP contribution in [-0.2, 0) is 4.79 Å². The molecular formula is C12H22N2O4. The van der Waals surface area contributed by atoms with Gasteiger partial charge < -0.3 is 20.4 Å². The molecular weight excluding hydrogens is 236 g/mol. The third kappa shape index (κ3) is 3.13. The minimum Gasteiger partial charge on any atom is -0.480 e. The number of carbonyl (C=O) groups is 2. The number of nitrogens with one attached hydrogen (secondary N) is 1. The number of aliphatic hydroxyl groups excluding tert-OH is 1. The number of aliphatic carboxylic acids is 1. The summed E-state index contributed by atoms with van der Waals surface area (Å²) in [4.78, 5) is 24.3. The number of carboxylic acids is 1. The van der Waals surface area contributed by atoms with Crippen molar-refractivity contribution in [1.82, 2.24) is 10.2 Å². The molecule has 1 fully saturated rings. The molecule has 18 heavy (non-hydrogen) atoms. The minimum atomic E-state index is -1.07. The number of likely N-dealkylation sites (tertiary alicyclic amines) is 1. The minimum absolute atomic E-state index is 0.0757. The van der Waals surface area contributed by atoms with Crippen LogP contribution in [0.1, 0.15) is 40.0 Å². The van der Waals surface area contributed by atoms with Gasteiger partial charge in [-0.1, -0.05) is 13.8 Å². The van der Waals surface area contributed by atoms with Crippen molar-refractivity contribution < 1.29 is 19.8 Å². The van der Waals surface area contributed by atoms with Gasteiger partial charge in [0.1, 0.15) is 6.04 Å². The van der Waals surface area contributed by atoms with Crippen LogP contribution in [0.2, 0.25) is 0 Å².